The van der Waals surface area contributed by atoms with E-state index in [2.05, 4.69) is 59.4 Å². The van der Waals surface area contributed by atoms with Crippen LogP contribution in [0, 0.1) is 13.8 Å². The van der Waals surface area contributed by atoms with Gasteiger partial charge in [0.25, 0.3) is 0 Å². The van der Waals surface area contributed by atoms with Crippen molar-refractivity contribution in [1.29, 1.82) is 0 Å². The molecular weight excluding hydrogens is 376 g/mol. The number of tetrazole rings is 1. The minimum absolute atomic E-state index is 0.259. The quantitative estimate of drug-likeness (QED) is 0.718. The highest BCUT2D eigenvalue weighted by Crippen LogP contribution is 2.23. The molecule has 30 heavy (non-hydrogen) atoms. The van der Waals surface area contributed by atoms with Gasteiger partial charge in [0.15, 0.2) is 0 Å². The molecule has 7 nitrogen and oxygen atoms in total. The maximum atomic E-state index is 5.84. The van der Waals surface area contributed by atoms with Crippen molar-refractivity contribution < 1.29 is 9.64 Å². The molecule has 0 saturated carbocycles. The lowest BCUT2D eigenvalue weighted by atomic mass is 10.0. The number of anilines is 1. The number of nitrogens with one attached hydrogen (secondary N) is 1. The molecule has 0 aliphatic carbocycles. The number of aromatic nitrogens is 4. The highest BCUT2D eigenvalue weighted by Gasteiger charge is 2.33. The number of unbranched alkanes of at least 4 members (excludes halogenated alkanes) is 1. The number of quaternary nitrogens is 1. The molecule has 0 amide bonds. The molecule has 2 atom stereocenters. The van der Waals surface area contributed by atoms with Crippen LogP contribution in [0.4, 0.5) is 5.69 Å². The third-order valence-electron chi connectivity index (χ3n) is 6.93. The molecule has 0 unspecified atom stereocenters. The SMILES string of the molecule is CCCC[C@@H](c1nnnn1C[C@@H]1CCCO1)[NH+]1CCN(c2cccc(C)c2C)CC1. The van der Waals surface area contributed by atoms with Gasteiger partial charge in [-0.2, -0.15) is 0 Å². The van der Waals surface area contributed by atoms with E-state index in [9.17, 15) is 0 Å². The second-order valence-corrected chi connectivity index (χ2v) is 8.91. The Labute approximate surface area is 180 Å². The van der Waals surface area contributed by atoms with E-state index in [4.69, 9.17) is 4.74 Å². The maximum absolute atomic E-state index is 5.84. The topological polar surface area (TPSA) is 60.5 Å². The molecule has 2 aliphatic rings. The van der Waals surface area contributed by atoms with E-state index < -0.39 is 0 Å². The second kappa shape index (κ2) is 9.88. The first kappa shape index (κ1) is 21.2. The summed E-state index contributed by atoms with van der Waals surface area (Å²) < 4.78 is 7.87. The minimum Gasteiger partial charge on any atom is -0.376 e. The second-order valence-electron chi connectivity index (χ2n) is 8.91. The highest BCUT2D eigenvalue weighted by atomic mass is 16.5. The number of ether oxygens (including phenoxy) is 1. The molecule has 2 saturated heterocycles. The Morgan fingerprint density at radius 2 is 2.07 bits per heavy atom. The summed E-state index contributed by atoms with van der Waals surface area (Å²) in [5.41, 5.74) is 4.17. The van der Waals surface area contributed by atoms with Crippen LogP contribution in [0.2, 0.25) is 0 Å². The van der Waals surface area contributed by atoms with Crippen LogP contribution in [0.1, 0.15) is 62.0 Å². The van der Waals surface area contributed by atoms with Crippen molar-refractivity contribution in [1.82, 2.24) is 20.2 Å². The van der Waals surface area contributed by atoms with Gasteiger partial charge in [-0.05, 0) is 60.7 Å². The van der Waals surface area contributed by atoms with E-state index in [1.54, 1.807) is 4.90 Å². The molecule has 0 spiro atoms. The van der Waals surface area contributed by atoms with Crippen molar-refractivity contribution in [2.75, 3.05) is 37.7 Å². The Kier molecular flexibility index (Phi) is 7.00. The molecule has 4 rings (SSSR count). The van der Waals surface area contributed by atoms with Crippen LogP contribution < -0.4 is 9.80 Å². The van der Waals surface area contributed by atoms with Crippen molar-refractivity contribution in [2.24, 2.45) is 0 Å². The summed E-state index contributed by atoms with van der Waals surface area (Å²) in [5.74, 6) is 1.05. The van der Waals surface area contributed by atoms with Crippen molar-refractivity contribution >= 4 is 5.69 Å². The van der Waals surface area contributed by atoms with Gasteiger partial charge in [0.2, 0.25) is 5.82 Å². The zero-order valence-corrected chi connectivity index (χ0v) is 18.8. The molecule has 0 bridgehead atoms. The van der Waals surface area contributed by atoms with E-state index in [0.29, 0.717) is 6.04 Å². The first-order valence-electron chi connectivity index (χ1n) is 11.7. The predicted molar refractivity (Wildman–Crippen MR) is 118 cm³/mol. The highest BCUT2D eigenvalue weighted by molar-refractivity contribution is 5.56. The number of piperazine rings is 1. The maximum Gasteiger partial charge on any atom is 0.209 e. The van der Waals surface area contributed by atoms with Gasteiger partial charge in [-0.1, -0.05) is 25.5 Å². The molecule has 2 aliphatic heterocycles. The summed E-state index contributed by atoms with van der Waals surface area (Å²) >= 11 is 0. The molecule has 2 aromatic rings. The number of benzene rings is 1. The van der Waals surface area contributed by atoms with Gasteiger partial charge >= 0.3 is 0 Å². The lowest BCUT2D eigenvalue weighted by molar-refractivity contribution is -0.933. The first-order chi connectivity index (χ1) is 14.7. The van der Waals surface area contributed by atoms with Crippen LogP contribution in [-0.2, 0) is 11.3 Å². The Hall–Kier alpha value is -1.99. The third-order valence-corrected chi connectivity index (χ3v) is 6.93. The monoisotopic (exact) mass is 413 g/mol. The number of hydrogen-bond acceptors (Lipinski definition) is 5. The zero-order valence-electron chi connectivity index (χ0n) is 18.8. The molecule has 2 fully saturated rings. The first-order valence-corrected chi connectivity index (χ1v) is 11.7. The van der Waals surface area contributed by atoms with Crippen LogP contribution >= 0.6 is 0 Å². The fourth-order valence-corrected chi connectivity index (χ4v) is 4.96. The van der Waals surface area contributed by atoms with Crippen LogP contribution in [0.15, 0.2) is 18.2 Å². The normalized spacial score (nSPS) is 21.3. The lowest BCUT2D eigenvalue weighted by Gasteiger charge is -2.38. The smallest absolute Gasteiger partial charge is 0.209 e. The van der Waals surface area contributed by atoms with E-state index in [1.165, 1.54) is 29.7 Å². The zero-order chi connectivity index (χ0) is 20.9. The van der Waals surface area contributed by atoms with Crippen LogP contribution in [0.25, 0.3) is 0 Å². The Bertz CT molecular complexity index is 808. The largest absolute Gasteiger partial charge is 0.376 e. The van der Waals surface area contributed by atoms with Crippen molar-refractivity contribution in [2.45, 2.75) is 71.6 Å². The van der Waals surface area contributed by atoms with E-state index in [-0.39, 0.29) is 6.10 Å². The summed E-state index contributed by atoms with van der Waals surface area (Å²) in [6.45, 7) is 12.8. The van der Waals surface area contributed by atoms with Gasteiger partial charge in [0, 0.05) is 18.7 Å². The van der Waals surface area contributed by atoms with Crippen molar-refractivity contribution in [3.05, 3.63) is 35.2 Å². The van der Waals surface area contributed by atoms with Gasteiger partial charge in [0.1, 0.15) is 6.04 Å². The van der Waals surface area contributed by atoms with Gasteiger partial charge in [-0.25, -0.2) is 4.68 Å². The molecular formula is C23H37N6O+. The predicted octanol–water partition coefficient (Wildman–Crippen LogP) is 2.11. The van der Waals surface area contributed by atoms with E-state index in [0.717, 1.165) is 64.4 Å². The number of rotatable bonds is 8. The van der Waals surface area contributed by atoms with Crippen LogP contribution in [-0.4, -0.2) is 59.1 Å². The van der Waals surface area contributed by atoms with Gasteiger partial charge in [-0.3, -0.25) is 0 Å². The van der Waals surface area contributed by atoms with Crippen LogP contribution in [0.5, 0.6) is 0 Å². The molecule has 1 aromatic carbocycles. The summed E-state index contributed by atoms with van der Waals surface area (Å²) in [7, 11) is 0. The molecule has 164 valence electrons. The summed E-state index contributed by atoms with van der Waals surface area (Å²) in [4.78, 5) is 4.17. The number of aryl methyl sites for hydroxylation is 1. The molecule has 1 aromatic heterocycles. The summed E-state index contributed by atoms with van der Waals surface area (Å²) in [6.07, 6.45) is 6.07. The summed E-state index contributed by atoms with van der Waals surface area (Å²) in [5, 5.41) is 12.9. The van der Waals surface area contributed by atoms with Crippen LogP contribution in [0.3, 0.4) is 0 Å². The number of hydrogen-bond donors (Lipinski definition) is 1. The van der Waals surface area contributed by atoms with Gasteiger partial charge < -0.3 is 14.5 Å². The van der Waals surface area contributed by atoms with Gasteiger partial charge in [0.05, 0.1) is 38.8 Å². The lowest BCUT2D eigenvalue weighted by Crippen LogP contribution is -3.15. The van der Waals surface area contributed by atoms with Gasteiger partial charge in [-0.15, -0.1) is 5.10 Å². The Balaban J connectivity index is 1.46. The van der Waals surface area contributed by atoms with Crippen molar-refractivity contribution in [3.63, 3.8) is 0 Å². The third kappa shape index (κ3) is 4.67. The Morgan fingerprint density at radius 1 is 1.23 bits per heavy atom. The molecule has 1 N–H and O–H groups in total. The van der Waals surface area contributed by atoms with E-state index in [1.807, 2.05) is 4.68 Å². The summed E-state index contributed by atoms with van der Waals surface area (Å²) in [6, 6.07) is 7.02. The standard InChI is InChI=1S/C23H36N6O/c1-4-5-10-22(23-24-25-26-29(23)17-20-9-7-16-30-20)28-14-12-27(13-15-28)21-11-6-8-18(2)19(21)3/h6,8,11,20,22H,4-5,7,9-10,12-17H2,1-3H3/p+1/t20-,22-/m0/s1. The fourth-order valence-electron chi connectivity index (χ4n) is 4.96. The molecule has 0 radical (unpaired) electrons. The molecule has 3 heterocycles. The Morgan fingerprint density at radius 3 is 2.80 bits per heavy atom. The molecule has 7 heteroatoms. The average molecular weight is 414 g/mol. The average Bonchev–Trinajstić information content (AvgIpc) is 3.44. The van der Waals surface area contributed by atoms with E-state index >= 15 is 0 Å². The minimum atomic E-state index is 0.259. The van der Waals surface area contributed by atoms with Crippen molar-refractivity contribution in [3.8, 4) is 0 Å². The fraction of sp³-hybridized carbons (Fsp3) is 0.696. The number of nitrogens with zero attached hydrogens (tertiary/aromatic N) is 5.